The van der Waals surface area contributed by atoms with Gasteiger partial charge in [-0.2, -0.15) is 0 Å². The van der Waals surface area contributed by atoms with Gasteiger partial charge in [0.05, 0.1) is 7.11 Å². The molecule has 0 amide bonds. The lowest BCUT2D eigenvalue weighted by atomic mass is 10.1. The molecule has 1 aliphatic rings. The van der Waals surface area contributed by atoms with Gasteiger partial charge in [0.15, 0.2) is 5.96 Å². The summed E-state index contributed by atoms with van der Waals surface area (Å²) >= 11 is 0. The molecule has 4 heteroatoms. The van der Waals surface area contributed by atoms with E-state index < -0.39 is 0 Å². The molecule has 1 aromatic carbocycles. The molecule has 1 aliphatic carbocycles. The van der Waals surface area contributed by atoms with E-state index in [2.05, 4.69) is 27.8 Å². The molecule has 1 saturated carbocycles. The smallest absolute Gasteiger partial charge is 0.190 e. The number of methoxy groups -OCH3 is 1. The Morgan fingerprint density at radius 2 is 2.00 bits per heavy atom. The number of hydrogen-bond acceptors (Lipinski definition) is 2. The monoisotopic (exact) mass is 275 g/mol. The Balaban J connectivity index is 1.61. The van der Waals surface area contributed by atoms with Crippen molar-refractivity contribution >= 4 is 5.96 Å². The number of aliphatic imine (C=N–C) groups is 1. The maximum Gasteiger partial charge on any atom is 0.190 e. The third-order valence-electron chi connectivity index (χ3n) is 3.57. The molecule has 1 aromatic rings. The number of ether oxygens (including phenoxy) is 1. The Labute approximate surface area is 121 Å². The summed E-state index contributed by atoms with van der Waals surface area (Å²) in [7, 11) is 3.52. The molecule has 20 heavy (non-hydrogen) atoms. The summed E-state index contributed by atoms with van der Waals surface area (Å²) < 4.78 is 5.16. The van der Waals surface area contributed by atoms with Gasteiger partial charge in [0.2, 0.25) is 0 Å². The first-order valence-electron chi connectivity index (χ1n) is 7.39. The molecule has 4 nitrogen and oxygen atoms in total. The summed E-state index contributed by atoms with van der Waals surface area (Å²) in [5.74, 6) is 2.70. The Morgan fingerprint density at radius 3 is 2.60 bits per heavy atom. The van der Waals surface area contributed by atoms with Crippen LogP contribution in [0.25, 0.3) is 0 Å². The van der Waals surface area contributed by atoms with Crippen LogP contribution in [0.3, 0.4) is 0 Å². The summed E-state index contributed by atoms with van der Waals surface area (Å²) in [5, 5.41) is 6.73. The fourth-order valence-corrected chi connectivity index (χ4v) is 2.08. The average Bonchev–Trinajstić information content (AvgIpc) is 3.31. The van der Waals surface area contributed by atoms with Gasteiger partial charge < -0.3 is 15.4 Å². The molecule has 0 aliphatic heterocycles. The first kappa shape index (κ1) is 14.7. The first-order chi connectivity index (χ1) is 9.81. The average molecular weight is 275 g/mol. The van der Waals surface area contributed by atoms with Gasteiger partial charge in [-0.3, -0.25) is 4.99 Å². The van der Waals surface area contributed by atoms with Crippen LogP contribution in [0.15, 0.2) is 29.3 Å². The highest BCUT2D eigenvalue weighted by molar-refractivity contribution is 5.79. The minimum Gasteiger partial charge on any atom is -0.497 e. The van der Waals surface area contributed by atoms with Crippen molar-refractivity contribution in [1.82, 2.24) is 10.6 Å². The van der Waals surface area contributed by atoms with Gasteiger partial charge in [-0.25, -0.2) is 0 Å². The van der Waals surface area contributed by atoms with Crippen LogP contribution in [0, 0.1) is 5.92 Å². The third kappa shape index (κ3) is 5.11. The number of guanidine groups is 1. The van der Waals surface area contributed by atoms with E-state index in [0.29, 0.717) is 0 Å². The Morgan fingerprint density at radius 1 is 1.25 bits per heavy atom. The fourth-order valence-electron chi connectivity index (χ4n) is 2.08. The molecule has 0 saturated heterocycles. The lowest BCUT2D eigenvalue weighted by Crippen LogP contribution is -2.38. The van der Waals surface area contributed by atoms with Crippen molar-refractivity contribution < 1.29 is 4.74 Å². The van der Waals surface area contributed by atoms with Crippen molar-refractivity contribution in [3.05, 3.63) is 29.8 Å². The standard InChI is InChI=1S/C16H25N3O/c1-17-16(19-12-14-5-6-14)18-11-3-4-13-7-9-15(20-2)10-8-13/h7-10,14H,3-6,11-12H2,1-2H3,(H2,17,18,19). The Kier molecular flexibility index (Phi) is 5.71. The van der Waals surface area contributed by atoms with Crippen LogP contribution < -0.4 is 15.4 Å². The topological polar surface area (TPSA) is 45.7 Å². The van der Waals surface area contributed by atoms with Gasteiger partial charge in [0.25, 0.3) is 0 Å². The minimum absolute atomic E-state index is 0.868. The van der Waals surface area contributed by atoms with Crippen molar-refractivity contribution in [3.63, 3.8) is 0 Å². The van der Waals surface area contributed by atoms with Crippen LogP contribution in [0.5, 0.6) is 5.75 Å². The van der Waals surface area contributed by atoms with E-state index in [0.717, 1.165) is 43.6 Å². The van der Waals surface area contributed by atoms with Crippen LogP contribution in [0.2, 0.25) is 0 Å². The van der Waals surface area contributed by atoms with Crippen molar-refractivity contribution in [2.75, 3.05) is 27.2 Å². The summed E-state index contributed by atoms with van der Waals surface area (Å²) in [6.45, 7) is 1.99. The molecule has 0 radical (unpaired) electrons. The molecule has 2 N–H and O–H groups in total. The fraction of sp³-hybridized carbons (Fsp3) is 0.562. The molecule has 1 fully saturated rings. The van der Waals surface area contributed by atoms with Crippen molar-refractivity contribution in [3.8, 4) is 5.75 Å². The third-order valence-corrected chi connectivity index (χ3v) is 3.57. The summed E-state index contributed by atoms with van der Waals surface area (Å²) in [6.07, 6.45) is 4.88. The van der Waals surface area contributed by atoms with Gasteiger partial charge in [0.1, 0.15) is 5.75 Å². The highest BCUT2D eigenvalue weighted by Crippen LogP contribution is 2.27. The second kappa shape index (κ2) is 7.78. The molecule has 110 valence electrons. The molecule has 0 aromatic heterocycles. The summed E-state index contributed by atoms with van der Waals surface area (Å²) in [6, 6.07) is 8.27. The highest BCUT2D eigenvalue weighted by atomic mass is 16.5. The SMILES string of the molecule is CN=C(NCCCc1ccc(OC)cc1)NCC1CC1. The molecule has 0 bridgehead atoms. The second-order valence-corrected chi connectivity index (χ2v) is 5.27. The summed E-state index contributed by atoms with van der Waals surface area (Å²) in [4.78, 5) is 4.23. The number of nitrogens with one attached hydrogen (secondary N) is 2. The maximum absolute atomic E-state index is 5.16. The predicted octanol–water partition coefficient (Wildman–Crippen LogP) is 2.20. The number of benzene rings is 1. The van der Waals surface area contributed by atoms with Crippen molar-refractivity contribution in [1.29, 1.82) is 0 Å². The molecule has 0 heterocycles. The minimum atomic E-state index is 0.868. The van der Waals surface area contributed by atoms with Gasteiger partial charge in [0, 0.05) is 20.1 Å². The number of nitrogens with zero attached hydrogens (tertiary/aromatic N) is 1. The molecular formula is C16H25N3O. The number of aryl methyl sites for hydroxylation is 1. The van der Waals surface area contributed by atoms with Crippen LogP contribution >= 0.6 is 0 Å². The highest BCUT2D eigenvalue weighted by Gasteiger charge is 2.20. The van der Waals surface area contributed by atoms with E-state index in [4.69, 9.17) is 4.74 Å². The molecule has 2 rings (SSSR count). The maximum atomic E-state index is 5.16. The van der Waals surface area contributed by atoms with Gasteiger partial charge in [-0.05, 0) is 49.3 Å². The molecule has 0 unspecified atom stereocenters. The summed E-state index contributed by atoms with van der Waals surface area (Å²) in [5.41, 5.74) is 1.34. The van der Waals surface area contributed by atoms with Crippen molar-refractivity contribution in [2.45, 2.75) is 25.7 Å². The quantitative estimate of drug-likeness (QED) is 0.455. The number of rotatable bonds is 7. The zero-order chi connectivity index (χ0) is 14.2. The van der Waals surface area contributed by atoms with Gasteiger partial charge in [-0.15, -0.1) is 0 Å². The van der Waals surface area contributed by atoms with E-state index in [9.17, 15) is 0 Å². The van der Waals surface area contributed by atoms with Gasteiger partial charge in [-0.1, -0.05) is 12.1 Å². The lowest BCUT2D eigenvalue weighted by Gasteiger charge is -2.11. The lowest BCUT2D eigenvalue weighted by molar-refractivity contribution is 0.414. The largest absolute Gasteiger partial charge is 0.497 e. The van der Waals surface area contributed by atoms with E-state index in [1.54, 1.807) is 7.11 Å². The van der Waals surface area contributed by atoms with E-state index in [1.807, 2.05) is 19.2 Å². The molecular weight excluding hydrogens is 250 g/mol. The first-order valence-corrected chi connectivity index (χ1v) is 7.39. The molecule has 0 spiro atoms. The second-order valence-electron chi connectivity index (χ2n) is 5.27. The number of hydrogen-bond donors (Lipinski definition) is 2. The van der Waals surface area contributed by atoms with Crippen LogP contribution in [0.1, 0.15) is 24.8 Å². The molecule has 0 atom stereocenters. The zero-order valence-corrected chi connectivity index (χ0v) is 12.5. The van der Waals surface area contributed by atoms with E-state index in [1.165, 1.54) is 18.4 Å². The Bertz CT molecular complexity index is 424. The Hall–Kier alpha value is -1.71. The van der Waals surface area contributed by atoms with E-state index >= 15 is 0 Å². The predicted molar refractivity (Wildman–Crippen MR) is 83.4 cm³/mol. The normalized spacial score (nSPS) is 15.0. The van der Waals surface area contributed by atoms with Crippen LogP contribution in [0.4, 0.5) is 0 Å². The van der Waals surface area contributed by atoms with E-state index in [-0.39, 0.29) is 0 Å². The van der Waals surface area contributed by atoms with Crippen LogP contribution in [-0.4, -0.2) is 33.2 Å². The zero-order valence-electron chi connectivity index (χ0n) is 12.5. The van der Waals surface area contributed by atoms with Gasteiger partial charge >= 0.3 is 0 Å². The van der Waals surface area contributed by atoms with Crippen LogP contribution in [-0.2, 0) is 6.42 Å². The van der Waals surface area contributed by atoms with Crippen molar-refractivity contribution in [2.24, 2.45) is 10.9 Å².